The molecule has 0 saturated carbocycles. The van der Waals surface area contributed by atoms with Gasteiger partial charge in [0.2, 0.25) is 0 Å². The molecule has 208 valence electrons. The van der Waals surface area contributed by atoms with E-state index in [4.69, 9.17) is 4.42 Å². The molecular weight excluding hydrogens is 524 g/mol. The number of benzene rings is 6. The highest BCUT2D eigenvalue weighted by atomic mass is 16.3. The summed E-state index contributed by atoms with van der Waals surface area (Å²) in [6, 6.07) is 47.8. The van der Waals surface area contributed by atoms with E-state index in [1.165, 1.54) is 50.6 Å². The first-order valence-electron chi connectivity index (χ1n) is 14.9. The van der Waals surface area contributed by atoms with Crippen LogP contribution in [-0.4, -0.2) is 6.17 Å². The minimum atomic E-state index is -0.0104. The number of fused-ring (bicyclic) bond motifs is 5. The smallest absolute Gasteiger partial charge is 0.138 e. The van der Waals surface area contributed by atoms with E-state index in [1.807, 2.05) is 0 Å². The molecule has 0 unspecified atom stereocenters. The quantitative estimate of drug-likeness (QED) is 0.215. The first-order valence-corrected chi connectivity index (χ1v) is 14.9. The van der Waals surface area contributed by atoms with Gasteiger partial charge in [0, 0.05) is 22.2 Å². The van der Waals surface area contributed by atoms with Crippen LogP contribution in [0.2, 0.25) is 0 Å². The summed E-state index contributed by atoms with van der Waals surface area (Å²) in [5.41, 5.74) is 13.8. The molecule has 3 nitrogen and oxygen atoms in total. The van der Waals surface area contributed by atoms with E-state index in [-0.39, 0.29) is 6.17 Å². The maximum atomic E-state index is 6.58. The lowest BCUT2D eigenvalue weighted by Gasteiger charge is -2.34. The number of hydrogen-bond acceptors (Lipinski definition) is 3. The van der Waals surface area contributed by atoms with Crippen LogP contribution in [0.15, 0.2) is 138 Å². The van der Waals surface area contributed by atoms with Gasteiger partial charge < -0.3 is 14.2 Å². The number of aryl methyl sites for hydroxylation is 2. The molecule has 0 radical (unpaired) electrons. The Morgan fingerprint density at radius 1 is 0.512 bits per heavy atom. The van der Waals surface area contributed by atoms with Crippen LogP contribution in [0.1, 0.15) is 18.1 Å². The number of hydrogen-bond donors (Lipinski definition) is 0. The topological polar surface area (TPSA) is 19.6 Å². The fourth-order valence-corrected chi connectivity index (χ4v) is 6.91. The van der Waals surface area contributed by atoms with Crippen molar-refractivity contribution in [1.29, 1.82) is 0 Å². The average Bonchev–Trinajstić information content (AvgIpc) is 3.57. The minimum Gasteiger partial charge on any atom is -0.456 e. The first kappa shape index (κ1) is 25.4. The largest absolute Gasteiger partial charge is 0.456 e. The van der Waals surface area contributed by atoms with E-state index in [9.17, 15) is 0 Å². The summed E-state index contributed by atoms with van der Waals surface area (Å²) in [5.74, 6) is 0. The summed E-state index contributed by atoms with van der Waals surface area (Å²) >= 11 is 0. The molecule has 1 aromatic heterocycles. The summed E-state index contributed by atoms with van der Waals surface area (Å²) in [6.45, 7) is 6.65. The molecule has 1 aliphatic rings. The van der Waals surface area contributed by atoms with Crippen molar-refractivity contribution >= 4 is 44.7 Å². The van der Waals surface area contributed by atoms with Gasteiger partial charge in [-0.25, -0.2) is 0 Å². The van der Waals surface area contributed by atoms with E-state index >= 15 is 0 Å². The van der Waals surface area contributed by atoms with E-state index in [1.54, 1.807) is 0 Å². The Morgan fingerprint density at radius 2 is 1.12 bits per heavy atom. The van der Waals surface area contributed by atoms with Crippen LogP contribution in [0, 0.1) is 13.8 Å². The Balaban J connectivity index is 1.52. The van der Waals surface area contributed by atoms with Gasteiger partial charge in [-0.3, -0.25) is 0 Å². The van der Waals surface area contributed by atoms with Crippen LogP contribution in [0.4, 0.5) is 22.7 Å². The average molecular weight is 557 g/mol. The Kier molecular flexibility index (Phi) is 5.87. The van der Waals surface area contributed by atoms with Crippen molar-refractivity contribution in [3.05, 3.63) is 145 Å². The van der Waals surface area contributed by atoms with Crippen molar-refractivity contribution in [3.63, 3.8) is 0 Å². The summed E-state index contributed by atoms with van der Waals surface area (Å²) in [7, 11) is 0. The van der Waals surface area contributed by atoms with Crippen molar-refractivity contribution in [2.75, 3.05) is 9.80 Å². The molecule has 0 fully saturated rings. The monoisotopic (exact) mass is 556 g/mol. The third-order valence-electron chi connectivity index (χ3n) is 8.88. The molecule has 0 amide bonds. The van der Waals surface area contributed by atoms with Crippen molar-refractivity contribution < 1.29 is 4.42 Å². The summed E-state index contributed by atoms with van der Waals surface area (Å²) in [4.78, 5) is 5.06. The van der Waals surface area contributed by atoms with Gasteiger partial charge in [0.15, 0.2) is 0 Å². The fourth-order valence-electron chi connectivity index (χ4n) is 6.91. The second-order valence-corrected chi connectivity index (χ2v) is 11.5. The van der Waals surface area contributed by atoms with Gasteiger partial charge in [-0.05, 0) is 61.2 Å². The molecule has 0 spiro atoms. The van der Waals surface area contributed by atoms with Crippen LogP contribution in [-0.2, 0) is 0 Å². The Morgan fingerprint density at radius 3 is 1.79 bits per heavy atom. The lowest BCUT2D eigenvalue weighted by atomic mass is 9.94. The first-order chi connectivity index (χ1) is 21.1. The predicted octanol–water partition coefficient (Wildman–Crippen LogP) is 11.2. The molecule has 43 heavy (non-hydrogen) atoms. The summed E-state index contributed by atoms with van der Waals surface area (Å²) in [6.07, 6.45) is -0.0104. The lowest BCUT2D eigenvalue weighted by Crippen LogP contribution is -2.36. The third kappa shape index (κ3) is 3.89. The molecule has 0 aliphatic carbocycles. The Labute approximate surface area is 252 Å². The molecule has 6 aromatic carbocycles. The summed E-state index contributed by atoms with van der Waals surface area (Å²) in [5, 5.41) is 2.30. The molecule has 0 bridgehead atoms. The maximum absolute atomic E-state index is 6.58. The number of furan rings is 1. The van der Waals surface area contributed by atoms with Crippen molar-refractivity contribution in [2.24, 2.45) is 0 Å². The van der Waals surface area contributed by atoms with Gasteiger partial charge in [0.1, 0.15) is 17.3 Å². The maximum Gasteiger partial charge on any atom is 0.138 e. The lowest BCUT2D eigenvalue weighted by molar-refractivity contribution is 0.666. The van der Waals surface area contributed by atoms with Crippen molar-refractivity contribution in [1.82, 2.24) is 0 Å². The van der Waals surface area contributed by atoms with Gasteiger partial charge in [-0.2, -0.15) is 0 Å². The van der Waals surface area contributed by atoms with E-state index < -0.39 is 0 Å². The van der Waals surface area contributed by atoms with Gasteiger partial charge in [-0.15, -0.1) is 0 Å². The highest BCUT2D eigenvalue weighted by molar-refractivity contribution is 6.18. The zero-order chi connectivity index (χ0) is 29.1. The van der Waals surface area contributed by atoms with E-state index in [2.05, 4.69) is 164 Å². The SMILES string of the molecule is Cc1ccccc1N1c2ccc3oc4c(C)cccc4c3c2N(c2c(-c3ccccc3)cccc2-c2ccccc2)[C@@H]1C. The molecule has 0 N–H and O–H groups in total. The second-order valence-electron chi connectivity index (χ2n) is 11.5. The Hall–Kier alpha value is -5.28. The molecule has 1 aliphatic heterocycles. The second kappa shape index (κ2) is 9.92. The van der Waals surface area contributed by atoms with Crippen LogP contribution in [0.3, 0.4) is 0 Å². The third-order valence-corrected chi connectivity index (χ3v) is 8.88. The zero-order valence-electron chi connectivity index (χ0n) is 24.6. The molecule has 1 atom stereocenters. The number of rotatable bonds is 4. The summed E-state index contributed by atoms with van der Waals surface area (Å²) < 4.78 is 6.58. The number of anilines is 4. The standard InChI is InChI=1S/C40H32N2O/c1-26-14-10-11-23-34(26)41-28(3)42(39-35(41)24-25-36-37(39)33-22-12-15-27(2)40(33)43-36)38-31(29-16-6-4-7-17-29)20-13-21-32(38)30-18-8-5-9-19-30/h4-25,28H,1-3H3/t28-/m1/s1. The molecule has 0 saturated heterocycles. The van der Waals surface area contributed by atoms with Crippen molar-refractivity contribution in [2.45, 2.75) is 26.9 Å². The predicted molar refractivity (Wildman–Crippen MR) is 181 cm³/mol. The molecular formula is C40H32N2O. The van der Waals surface area contributed by atoms with Gasteiger partial charge in [0.05, 0.1) is 22.4 Å². The highest BCUT2D eigenvalue weighted by Gasteiger charge is 2.40. The molecule has 7 aromatic rings. The molecule has 3 heteroatoms. The van der Waals surface area contributed by atoms with E-state index in [0.29, 0.717) is 0 Å². The Bertz CT molecular complexity index is 2070. The van der Waals surface area contributed by atoms with Crippen LogP contribution in [0.5, 0.6) is 0 Å². The van der Waals surface area contributed by atoms with Gasteiger partial charge in [-0.1, -0.05) is 115 Å². The van der Waals surface area contributed by atoms with Crippen LogP contribution in [0.25, 0.3) is 44.2 Å². The number of para-hydroxylation sites is 3. The normalized spacial score (nSPS) is 14.5. The molecule has 2 heterocycles. The van der Waals surface area contributed by atoms with E-state index in [0.717, 1.165) is 27.5 Å². The van der Waals surface area contributed by atoms with Crippen molar-refractivity contribution in [3.8, 4) is 22.3 Å². The van der Waals surface area contributed by atoms with Crippen LogP contribution < -0.4 is 9.80 Å². The molecule has 8 rings (SSSR count). The minimum absolute atomic E-state index is 0.0104. The zero-order valence-corrected chi connectivity index (χ0v) is 24.6. The van der Waals surface area contributed by atoms with Gasteiger partial charge in [0.25, 0.3) is 0 Å². The van der Waals surface area contributed by atoms with Crippen LogP contribution >= 0.6 is 0 Å². The highest BCUT2D eigenvalue weighted by Crippen LogP contribution is 2.56. The fraction of sp³-hybridized carbons (Fsp3) is 0.100. The van der Waals surface area contributed by atoms with Gasteiger partial charge >= 0.3 is 0 Å². The number of nitrogens with zero attached hydrogens (tertiary/aromatic N) is 2.